The highest BCUT2D eigenvalue weighted by Gasteiger charge is 2.11. The number of methoxy groups -OCH3 is 1. The number of hydrogen-bond acceptors (Lipinski definition) is 3. The Morgan fingerprint density at radius 3 is 3.17 bits per heavy atom. The summed E-state index contributed by atoms with van der Waals surface area (Å²) in [5.74, 6) is 0. The smallest absolute Gasteiger partial charge is 0.0589 e. The van der Waals surface area contributed by atoms with Gasteiger partial charge in [-0.2, -0.15) is 0 Å². The van der Waals surface area contributed by atoms with E-state index in [1.165, 1.54) is 16.8 Å². The summed E-state index contributed by atoms with van der Waals surface area (Å²) in [5, 5.41) is 3.43. The van der Waals surface area contributed by atoms with Crippen LogP contribution in [0.3, 0.4) is 0 Å². The summed E-state index contributed by atoms with van der Waals surface area (Å²) in [7, 11) is 1.74. The Balaban J connectivity index is 1.99. The highest BCUT2D eigenvalue weighted by atomic mass is 16.5. The van der Waals surface area contributed by atoms with Crippen molar-refractivity contribution in [1.29, 1.82) is 0 Å². The second-order valence-corrected chi connectivity index (χ2v) is 4.68. The predicted molar refractivity (Wildman–Crippen MR) is 76.0 cm³/mol. The minimum atomic E-state index is 0.761. The molecule has 0 aliphatic carbocycles. The number of nitrogens with one attached hydrogen (secondary N) is 1. The Bertz CT molecular complexity index is 403. The van der Waals surface area contributed by atoms with Gasteiger partial charge in [-0.1, -0.05) is 18.2 Å². The Morgan fingerprint density at radius 2 is 2.39 bits per heavy atom. The summed E-state index contributed by atoms with van der Waals surface area (Å²) in [4.78, 5) is 2.34. The first-order chi connectivity index (χ1) is 8.83. The van der Waals surface area contributed by atoms with E-state index in [4.69, 9.17) is 4.74 Å². The number of benzene rings is 1. The lowest BCUT2D eigenvalue weighted by molar-refractivity contribution is 0.151. The Labute approximate surface area is 109 Å². The molecule has 18 heavy (non-hydrogen) atoms. The number of hydrogen-bond donors (Lipinski definition) is 1. The molecule has 0 saturated heterocycles. The molecule has 3 nitrogen and oxygen atoms in total. The maximum absolute atomic E-state index is 5.14. The third-order valence-electron chi connectivity index (χ3n) is 3.29. The maximum Gasteiger partial charge on any atom is 0.0589 e. The molecule has 1 N–H and O–H groups in total. The molecular weight excluding hydrogens is 224 g/mol. The average molecular weight is 246 g/mol. The fourth-order valence-electron chi connectivity index (χ4n) is 2.33. The highest BCUT2D eigenvalue weighted by Crippen LogP contribution is 2.23. The van der Waals surface area contributed by atoms with Crippen LogP contribution in [0.4, 0.5) is 5.69 Å². The van der Waals surface area contributed by atoms with Gasteiger partial charge in [0.1, 0.15) is 0 Å². The molecule has 1 aliphatic heterocycles. The number of anilines is 1. The van der Waals surface area contributed by atoms with Crippen LogP contribution >= 0.6 is 0 Å². The van der Waals surface area contributed by atoms with Crippen LogP contribution in [0, 0.1) is 0 Å². The zero-order valence-electron chi connectivity index (χ0n) is 11.1. The maximum atomic E-state index is 5.14. The van der Waals surface area contributed by atoms with Gasteiger partial charge in [0.15, 0.2) is 0 Å². The van der Waals surface area contributed by atoms with Crippen molar-refractivity contribution in [3.05, 3.63) is 42.0 Å². The van der Waals surface area contributed by atoms with E-state index in [9.17, 15) is 0 Å². The van der Waals surface area contributed by atoms with Crippen molar-refractivity contribution in [2.45, 2.75) is 13.0 Å². The zero-order valence-corrected chi connectivity index (χ0v) is 11.1. The summed E-state index contributed by atoms with van der Waals surface area (Å²) in [5.41, 5.74) is 4.09. The Morgan fingerprint density at radius 1 is 1.50 bits per heavy atom. The molecule has 0 radical (unpaired) electrons. The minimum Gasteiger partial charge on any atom is -0.384 e. The number of ether oxygens (including phenoxy) is 1. The standard InChI is InChI=1S/C15H22N2O/c1-3-8-17(9-10-18-2)12-13-4-5-14-6-7-16-15(14)11-13/h3-5,11,16H,1,6-10,12H2,2H3. The fraction of sp³-hybridized carbons (Fsp3) is 0.467. The summed E-state index contributed by atoms with van der Waals surface area (Å²) >= 11 is 0. The molecule has 0 fully saturated rings. The molecule has 98 valence electrons. The molecule has 1 heterocycles. The molecule has 0 bridgehead atoms. The fourth-order valence-corrected chi connectivity index (χ4v) is 2.33. The zero-order chi connectivity index (χ0) is 12.8. The molecule has 0 atom stereocenters. The Kier molecular flexibility index (Phi) is 4.79. The molecular formula is C15H22N2O. The van der Waals surface area contributed by atoms with Crippen LogP contribution in [0.15, 0.2) is 30.9 Å². The topological polar surface area (TPSA) is 24.5 Å². The molecule has 0 spiro atoms. The van der Waals surface area contributed by atoms with Crippen LogP contribution in [-0.2, 0) is 17.7 Å². The van der Waals surface area contributed by atoms with Gasteiger partial charge in [0.2, 0.25) is 0 Å². The largest absolute Gasteiger partial charge is 0.384 e. The van der Waals surface area contributed by atoms with Crippen LogP contribution in [0.5, 0.6) is 0 Å². The number of nitrogens with zero attached hydrogens (tertiary/aromatic N) is 1. The second-order valence-electron chi connectivity index (χ2n) is 4.68. The quantitative estimate of drug-likeness (QED) is 0.747. The van der Waals surface area contributed by atoms with Crippen LogP contribution in [0.1, 0.15) is 11.1 Å². The van der Waals surface area contributed by atoms with E-state index in [0.717, 1.165) is 39.2 Å². The van der Waals surface area contributed by atoms with E-state index in [-0.39, 0.29) is 0 Å². The van der Waals surface area contributed by atoms with E-state index >= 15 is 0 Å². The monoisotopic (exact) mass is 246 g/mol. The summed E-state index contributed by atoms with van der Waals surface area (Å²) in [6.45, 7) is 8.43. The normalized spacial score (nSPS) is 13.4. The van der Waals surface area contributed by atoms with E-state index in [1.807, 2.05) is 6.08 Å². The first-order valence-corrected chi connectivity index (χ1v) is 6.51. The van der Waals surface area contributed by atoms with Crippen molar-refractivity contribution >= 4 is 5.69 Å². The van der Waals surface area contributed by atoms with Crippen LogP contribution in [-0.4, -0.2) is 38.3 Å². The summed E-state index contributed by atoms with van der Waals surface area (Å²) < 4.78 is 5.14. The lowest BCUT2D eigenvalue weighted by atomic mass is 10.1. The summed E-state index contributed by atoms with van der Waals surface area (Å²) in [6.07, 6.45) is 3.09. The second kappa shape index (κ2) is 6.57. The van der Waals surface area contributed by atoms with Gasteiger partial charge in [0.05, 0.1) is 6.61 Å². The van der Waals surface area contributed by atoms with Gasteiger partial charge in [-0.25, -0.2) is 0 Å². The van der Waals surface area contributed by atoms with Gasteiger partial charge in [-0.05, 0) is 23.6 Å². The van der Waals surface area contributed by atoms with Gasteiger partial charge in [-0.15, -0.1) is 6.58 Å². The Hall–Kier alpha value is -1.32. The molecule has 0 saturated carbocycles. The molecule has 0 amide bonds. The van der Waals surface area contributed by atoms with Crippen LogP contribution < -0.4 is 5.32 Å². The first-order valence-electron chi connectivity index (χ1n) is 6.51. The van der Waals surface area contributed by atoms with Crippen LogP contribution in [0.2, 0.25) is 0 Å². The molecule has 0 unspecified atom stereocenters. The SMILES string of the molecule is C=CCN(CCOC)Cc1ccc2c(c1)NCC2. The molecule has 1 aromatic carbocycles. The predicted octanol–water partition coefficient (Wildman–Crippen LogP) is 2.29. The molecule has 1 aromatic rings. The molecule has 1 aliphatic rings. The highest BCUT2D eigenvalue weighted by molar-refractivity contribution is 5.57. The van der Waals surface area contributed by atoms with Crippen LogP contribution in [0.25, 0.3) is 0 Å². The lowest BCUT2D eigenvalue weighted by Crippen LogP contribution is -2.27. The van der Waals surface area contributed by atoms with Crippen molar-refractivity contribution in [3.8, 4) is 0 Å². The van der Waals surface area contributed by atoms with E-state index in [2.05, 4.69) is 35.0 Å². The molecule has 0 aromatic heterocycles. The van der Waals surface area contributed by atoms with E-state index in [1.54, 1.807) is 7.11 Å². The van der Waals surface area contributed by atoms with Gasteiger partial charge in [-0.3, -0.25) is 4.90 Å². The van der Waals surface area contributed by atoms with Crippen molar-refractivity contribution in [1.82, 2.24) is 4.90 Å². The van der Waals surface area contributed by atoms with Crippen molar-refractivity contribution < 1.29 is 4.74 Å². The lowest BCUT2D eigenvalue weighted by Gasteiger charge is -2.20. The van der Waals surface area contributed by atoms with Gasteiger partial charge in [0.25, 0.3) is 0 Å². The van der Waals surface area contributed by atoms with Gasteiger partial charge in [0, 0.05) is 39.0 Å². The van der Waals surface area contributed by atoms with Gasteiger partial charge >= 0.3 is 0 Å². The van der Waals surface area contributed by atoms with Crippen molar-refractivity contribution in [2.24, 2.45) is 0 Å². The van der Waals surface area contributed by atoms with Gasteiger partial charge < -0.3 is 10.1 Å². The van der Waals surface area contributed by atoms with Crippen molar-refractivity contribution in [3.63, 3.8) is 0 Å². The first kappa shape index (κ1) is 13.1. The minimum absolute atomic E-state index is 0.761. The van der Waals surface area contributed by atoms with E-state index < -0.39 is 0 Å². The molecule has 3 heteroatoms. The van der Waals surface area contributed by atoms with Crippen molar-refractivity contribution in [2.75, 3.05) is 38.7 Å². The third-order valence-corrected chi connectivity index (χ3v) is 3.29. The average Bonchev–Trinajstić information content (AvgIpc) is 2.83. The number of rotatable bonds is 7. The molecule has 2 rings (SSSR count). The number of fused-ring (bicyclic) bond motifs is 1. The summed E-state index contributed by atoms with van der Waals surface area (Å²) in [6, 6.07) is 6.74. The van der Waals surface area contributed by atoms with E-state index in [0.29, 0.717) is 0 Å². The third kappa shape index (κ3) is 3.34.